The van der Waals surface area contributed by atoms with Gasteiger partial charge in [0.1, 0.15) is 0 Å². The van der Waals surface area contributed by atoms with Crippen molar-refractivity contribution in [3.05, 3.63) is 35.8 Å². The van der Waals surface area contributed by atoms with Crippen LogP contribution in [0.5, 0.6) is 0 Å². The van der Waals surface area contributed by atoms with Crippen molar-refractivity contribution < 1.29 is 0 Å². The normalized spacial score (nSPS) is 13.0. The van der Waals surface area contributed by atoms with E-state index < -0.39 is 0 Å². The second kappa shape index (κ2) is 7.06. The molecule has 0 aliphatic heterocycles. The van der Waals surface area contributed by atoms with Crippen LogP contribution in [-0.2, 0) is 0 Å². The summed E-state index contributed by atoms with van der Waals surface area (Å²) in [6.07, 6.45) is 2.00. The van der Waals surface area contributed by atoms with E-state index in [1.807, 2.05) is 19.1 Å². The first-order valence-electron chi connectivity index (χ1n) is 6.95. The zero-order valence-electron chi connectivity index (χ0n) is 12.7. The fourth-order valence-electron chi connectivity index (χ4n) is 1.83. The van der Waals surface area contributed by atoms with Crippen molar-refractivity contribution in [2.45, 2.75) is 47.5 Å². The third-order valence-corrected chi connectivity index (χ3v) is 3.56. The predicted octanol–water partition coefficient (Wildman–Crippen LogP) is 5.11. The van der Waals surface area contributed by atoms with Crippen LogP contribution in [-0.4, -0.2) is 10.7 Å². The minimum atomic E-state index is 0.512. The monoisotopic (exact) mass is 256 g/mol. The molecule has 1 aromatic rings. The van der Waals surface area contributed by atoms with E-state index in [0.29, 0.717) is 5.92 Å². The van der Waals surface area contributed by atoms with Gasteiger partial charge < -0.3 is 0 Å². The molecule has 0 aliphatic carbocycles. The number of aliphatic imine (C=N–C) groups is 1. The molecule has 0 bridgehead atoms. The van der Waals surface area contributed by atoms with Gasteiger partial charge in [0.05, 0.1) is 17.1 Å². The van der Waals surface area contributed by atoms with Gasteiger partial charge in [-0.1, -0.05) is 27.4 Å². The lowest BCUT2D eigenvalue weighted by atomic mass is 10.0. The molecule has 1 heterocycles. The lowest BCUT2D eigenvalue weighted by Crippen LogP contribution is -2.05. The minimum absolute atomic E-state index is 0.512. The smallest absolute Gasteiger partial charge is 0.0841 e. The van der Waals surface area contributed by atoms with E-state index in [1.165, 1.54) is 0 Å². The van der Waals surface area contributed by atoms with Crippen LogP contribution in [0.3, 0.4) is 0 Å². The zero-order valence-corrected chi connectivity index (χ0v) is 12.7. The summed E-state index contributed by atoms with van der Waals surface area (Å²) in [6, 6.07) is 4.04. The van der Waals surface area contributed by atoms with Crippen LogP contribution in [0.1, 0.15) is 51.9 Å². The standard InChI is InChI=1S/C17H24N2/c1-7-12(4)13(5)18-16-10-11-17(19-14(16)6)15(8-2)9-3/h10-12H,2,7,9H2,1,3-6H3/b18-13-. The lowest BCUT2D eigenvalue weighted by molar-refractivity contribution is 0.736. The van der Waals surface area contributed by atoms with Gasteiger partial charge in [-0.25, -0.2) is 0 Å². The van der Waals surface area contributed by atoms with Crippen LogP contribution in [0.4, 0.5) is 5.69 Å². The molecule has 2 nitrogen and oxygen atoms in total. The molecule has 0 radical (unpaired) electrons. The van der Waals surface area contributed by atoms with Crippen molar-refractivity contribution in [3.8, 4) is 0 Å². The minimum Gasteiger partial charge on any atom is -0.256 e. The molecule has 1 rings (SSSR count). The fraction of sp³-hybridized carbons (Fsp3) is 0.471. The van der Waals surface area contributed by atoms with Crippen LogP contribution >= 0.6 is 0 Å². The number of rotatable bonds is 5. The van der Waals surface area contributed by atoms with Gasteiger partial charge in [-0.2, -0.15) is 0 Å². The Bertz CT molecular complexity index is 520. The molecular formula is C17H24N2. The van der Waals surface area contributed by atoms with Crippen LogP contribution in [0.2, 0.25) is 0 Å². The van der Waals surface area contributed by atoms with Gasteiger partial charge in [-0.3, -0.25) is 9.98 Å². The van der Waals surface area contributed by atoms with Crippen molar-refractivity contribution in [2.24, 2.45) is 10.9 Å². The molecular weight excluding hydrogens is 232 g/mol. The van der Waals surface area contributed by atoms with Crippen molar-refractivity contribution in [1.29, 1.82) is 0 Å². The number of aromatic nitrogens is 1. The highest BCUT2D eigenvalue weighted by Crippen LogP contribution is 2.22. The summed E-state index contributed by atoms with van der Waals surface area (Å²) in [5, 5.41) is 0. The summed E-state index contributed by atoms with van der Waals surface area (Å²) in [6.45, 7) is 14.3. The van der Waals surface area contributed by atoms with Crippen molar-refractivity contribution in [1.82, 2.24) is 4.98 Å². The van der Waals surface area contributed by atoms with Crippen LogP contribution in [0.25, 0.3) is 5.57 Å². The topological polar surface area (TPSA) is 25.2 Å². The average Bonchev–Trinajstić information content (AvgIpc) is 2.42. The molecule has 0 aliphatic rings. The van der Waals surface area contributed by atoms with Gasteiger partial charge >= 0.3 is 0 Å². The molecule has 0 fully saturated rings. The Hall–Kier alpha value is -1.66. The molecule has 0 saturated heterocycles. The molecule has 0 spiro atoms. The van der Waals surface area contributed by atoms with Gasteiger partial charge in [0.25, 0.3) is 0 Å². The summed E-state index contributed by atoms with van der Waals surface area (Å²) < 4.78 is 0. The Morgan fingerprint density at radius 1 is 1.42 bits per heavy atom. The molecule has 0 amide bonds. The maximum absolute atomic E-state index is 4.69. The first-order valence-corrected chi connectivity index (χ1v) is 6.95. The summed E-state index contributed by atoms with van der Waals surface area (Å²) in [7, 11) is 0. The van der Waals surface area contributed by atoms with Gasteiger partial charge in [-0.05, 0) is 44.7 Å². The van der Waals surface area contributed by atoms with E-state index in [4.69, 9.17) is 4.99 Å². The second-order valence-electron chi connectivity index (χ2n) is 4.87. The molecule has 2 heteroatoms. The quantitative estimate of drug-likeness (QED) is 0.531. The predicted molar refractivity (Wildman–Crippen MR) is 84.0 cm³/mol. The van der Waals surface area contributed by atoms with E-state index in [2.05, 4.69) is 45.0 Å². The molecule has 1 atom stereocenters. The van der Waals surface area contributed by atoms with Gasteiger partial charge in [-0.15, -0.1) is 5.73 Å². The van der Waals surface area contributed by atoms with E-state index in [9.17, 15) is 0 Å². The summed E-state index contributed by atoms with van der Waals surface area (Å²) in [5.74, 6) is 0.512. The van der Waals surface area contributed by atoms with Crippen molar-refractivity contribution in [2.75, 3.05) is 0 Å². The largest absolute Gasteiger partial charge is 0.256 e. The van der Waals surface area contributed by atoms with E-state index in [-0.39, 0.29) is 0 Å². The van der Waals surface area contributed by atoms with Crippen molar-refractivity contribution in [3.63, 3.8) is 0 Å². The van der Waals surface area contributed by atoms with E-state index in [0.717, 1.165) is 41.2 Å². The zero-order chi connectivity index (χ0) is 14.4. The Labute approximate surface area is 117 Å². The first kappa shape index (κ1) is 15.4. The van der Waals surface area contributed by atoms with Gasteiger partial charge in [0, 0.05) is 11.3 Å². The first-order chi connectivity index (χ1) is 9.03. The Morgan fingerprint density at radius 2 is 2.11 bits per heavy atom. The number of hydrogen-bond acceptors (Lipinski definition) is 2. The van der Waals surface area contributed by atoms with E-state index >= 15 is 0 Å². The molecule has 1 aromatic heterocycles. The third-order valence-electron chi connectivity index (χ3n) is 3.56. The highest BCUT2D eigenvalue weighted by Gasteiger charge is 2.07. The fourth-order valence-corrected chi connectivity index (χ4v) is 1.83. The molecule has 102 valence electrons. The van der Waals surface area contributed by atoms with Crippen molar-refractivity contribution >= 4 is 17.0 Å². The molecule has 19 heavy (non-hydrogen) atoms. The highest BCUT2D eigenvalue weighted by atomic mass is 14.8. The third kappa shape index (κ3) is 3.90. The average molecular weight is 256 g/mol. The SMILES string of the molecule is C=C=C(CC)c1ccc(/N=C(/C)C(C)CC)c(C)n1. The summed E-state index contributed by atoms with van der Waals surface area (Å²) in [4.78, 5) is 9.30. The number of hydrogen-bond donors (Lipinski definition) is 0. The van der Waals surface area contributed by atoms with Crippen LogP contribution in [0, 0.1) is 12.8 Å². The second-order valence-corrected chi connectivity index (χ2v) is 4.87. The highest BCUT2D eigenvalue weighted by molar-refractivity contribution is 5.86. The summed E-state index contributed by atoms with van der Waals surface area (Å²) >= 11 is 0. The number of aryl methyl sites for hydroxylation is 1. The molecule has 0 saturated carbocycles. The molecule has 0 aromatic carbocycles. The summed E-state index contributed by atoms with van der Waals surface area (Å²) in [5.41, 5.74) is 8.04. The van der Waals surface area contributed by atoms with Gasteiger partial charge in [0.15, 0.2) is 0 Å². The number of allylic oxidation sites excluding steroid dienone is 1. The maximum Gasteiger partial charge on any atom is 0.0841 e. The van der Waals surface area contributed by atoms with Gasteiger partial charge in [0.2, 0.25) is 0 Å². The maximum atomic E-state index is 4.69. The Balaban J connectivity index is 3.11. The lowest BCUT2D eigenvalue weighted by Gasteiger charge is -2.10. The molecule has 0 N–H and O–H groups in total. The number of pyridine rings is 1. The Kier molecular flexibility index (Phi) is 5.72. The molecule has 1 unspecified atom stereocenters. The van der Waals surface area contributed by atoms with E-state index in [1.54, 1.807) is 0 Å². The van der Waals surface area contributed by atoms with Crippen LogP contribution in [0.15, 0.2) is 29.4 Å². The van der Waals surface area contributed by atoms with Crippen LogP contribution < -0.4 is 0 Å². The number of nitrogens with zero attached hydrogens (tertiary/aromatic N) is 2. The Morgan fingerprint density at radius 3 is 2.58 bits per heavy atom.